The van der Waals surface area contributed by atoms with Crippen molar-refractivity contribution in [3.8, 4) is 0 Å². The third kappa shape index (κ3) is 7.23. The van der Waals surface area contributed by atoms with Gasteiger partial charge in [-0.2, -0.15) is 4.98 Å². The molecule has 2 aromatic rings. The molecule has 0 aromatic carbocycles. The van der Waals surface area contributed by atoms with Gasteiger partial charge in [0, 0.05) is 6.20 Å². The van der Waals surface area contributed by atoms with Crippen LogP contribution in [0.1, 0.15) is 34.1 Å². The van der Waals surface area contributed by atoms with Gasteiger partial charge >= 0.3 is 11.9 Å². The first-order valence-electron chi connectivity index (χ1n) is 8.50. The van der Waals surface area contributed by atoms with E-state index in [1.807, 2.05) is 0 Å². The zero-order chi connectivity index (χ0) is 23.1. The molecule has 164 valence electrons. The first-order valence-corrected chi connectivity index (χ1v) is 9.26. The molecule has 2 heterocycles. The van der Waals surface area contributed by atoms with Crippen LogP contribution in [0.3, 0.4) is 0 Å². The Morgan fingerprint density at radius 1 is 1.07 bits per heavy atom. The number of carboxylic acid groups (broad SMARTS) is 2. The first-order chi connectivity index (χ1) is 13.8. The Kier molecular flexibility index (Phi) is 8.67. The molecule has 2 rings (SSSR count). The second-order valence-electron chi connectivity index (χ2n) is 6.72. The predicted molar refractivity (Wildman–Crippen MR) is 109 cm³/mol. The summed E-state index contributed by atoms with van der Waals surface area (Å²) in [6.07, 6.45) is 2.77. The maximum atomic E-state index is 13.1. The van der Waals surface area contributed by atoms with Crippen molar-refractivity contribution in [3.63, 3.8) is 0 Å². The molecule has 0 spiro atoms. The number of halogens is 3. The molecule has 0 amide bonds. The third-order valence-corrected chi connectivity index (χ3v) is 4.25. The van der Waals surface area contributed by atoms with Crippen molar-refractivity contribution in [2.75, 3.05) is 10.6 Å². The number of hydrogen-bond acceptors (Lipinski definition) is 8. The van der Waals surface area contributed by atoms with Gasteiger partial charge < -0.3 is 20.8 Å². The zero-order valence-corrected chi connectivity index (χ0v) is 18.1. The minimum atomic E-state index is -1.33. The molecule has 0 saturated carbocycles. The number of rotatable bonds is 7. The van der Waals surface area contributed by atoms with Crippen LogP contribution in [0.2, 0.25) is 10.6 Å². The Morgan fingerprint density at radius 2 is 1.67 bits per heavy atom. The SMILES string of the molecule is CC(C)(Nc1nc(Cl)ncc1F)C(=O)O.CC[C@@](C)(Nc1ccnc(Cl)n1)C(=O)O. The molecule has 1 atom stereocenters. The molecule has 10 nitrogen and oxygen atoms in total. The van der Waals surface area contributed by atoms with Gasteiger partial charge in [0.15, 0.2) is 11.6 Å². The van der Waals surface area contributed by atoms with E-state index < -0.39 is 28.8 Å². The van der Waals surface area contributed by atoms with Gasteiger partial charge in [0.1, 0.15) is 16.9 Å². The van der Waals surface area contributed by atoms with E-state index >= 15 is 0 Å². The number of anilines is 2. The van der Waals surface area contributed by atoms with Gasteiger partial charge in [0.25, 0.3) is 0 Å². The van der Waals surface area contributed by atoms with Crippen molar-refractivity contribution in [1.82, 2.24) is 19.9 Å². The zero-order valence-electron chi connectivity index (χ0n) is 16.6. The Morgan fingerprint density at radius 3 is 2.17 bits per heavy atom. The van der Waals surface area contributed by atoms with Crippen molar-refractivity contribution in [3.05, 3.63) is 34.8 Å². The molecule has 4 N–H and O–H groups in total. The van der Waals surface area contributed by atoms with E-state index in [-0.39, 0.29) is 16.4 Å². The van der Waals surface area contributed by atoms with E-state index in [9.17, 15) is 14.0 Å². The molecule has 0 radical (unpaired) electrons. The number of aromatic nitrogens is 4. The highest BCUT2D eigenvalue weighted by Crippen LogP contribution is 2.18. The Balaban J connectivity index is 0.000000300. The average molecular weight is 463 g/mol. The molecule has 0 unspecified atom stereocenters. The van der Waals surface area contributed by atoms with Crippen LogP contribution in [0.5, 0.6) is 0 Å². The highest BCUT2D eigenvalue weighted by molar-refractivity contribution is 6.28. The maximum absolute atomic E-state index is 13.1. The van der Waals surface area contributed by atoms with Crippen molar-refractivity contribution >= 4 is 46.8 Å². The molecule has 0 aliphatic rings. The Hall–Kier alpha value is -2.79. The summed E-state index contributed by atoms with van der Waals surface area (Å²) in [7, 11) is 0. The smallest absolute Gasteiger partial charge is 0.329 e. The topological polar surface area (TPSA) is 150 Å². The van der Waals surface area contributed by atoms with Crippen LogP contribution in [0.25, 0.3) is 0 Å². The van der Waals surface area contributed by atoms with Gasteiger partial charge in [-0.05, 0) is 56.5 Å². The van der Waals surface area contributed by atoms with Crippen LogP contribution in [-0.4, -0.2) is 53.2 Å². The summed E-state index contributed by atoms with van der Waals surface area (Å²) in [4.78, 5) is 36.3. The number of aliphatic carboxylic acids is 2. The van der Waals surface area contributed by atoms with Crippen LogP contribution in [0.15, 0.2) is 18.5 Å². The fourth-order valence-electron chi connectivity index (χ4n) is 1.76. The number of hydrogen-bond donors (Lipinski definition) is 4. The van der Waals surface area contributed by atoms with Crippen LogP contribution in [-0.2, 0) is 9.59 Å². The van der Waals surface area contributed by atoms with Gasteiger partial charge in [-0.3, -0.25) is 0 Å². The molecule has 2 aromatic heterocycles. The molecule has 0 fully saturated rings. The lowest BCUT2D eigenvalue weighted by Crippen LogP contribution is -2.42. The summed E-state index contributed by atoms with van der Waals surface area (Å²) in [5, 5.41) is 23.0. The lowest BCUT2D eigenvalue weighted by atomic mass is 9.99. The second-order valence-corrected chi connectivity index (χ2v) is 7.39. The first kappa shape index (κ1) is 25.2. The van der Waals surface area contributed by atoms with Gasteiger partial charge in [0.2, 0.25) is 10.6 Å². The monoisotopic (exact) mass is 462 g/mol. The summed E-state index contributed by atoms with van der Waals surface area (Å²) >= 11 is 11.0. The molecule has 0 saturated heterocycles. The lowest BCUT2D eigenvalue weighted by molar-refractivity contribution is -0.142. The van der Waals surface area contributed by atoms with E-state index in [1.165, 1.54) is 20.0 Å². The van der Waals surface area contributed by atoms with Crippen molar-refractivity contribution in [1.29, 1.82) is 0 Å². The fraction of sp³-hybridized carbons (Fsp3) is 0.412. The molecule has 30 heavy (non-hydrogen) atoms. The average Bonchev–Trinajstić information content (AvgIpc) is 2.64. The standard InChI is InChI=1S/C9H12ClN3O2.C8H9ClFN3O2/c1-3-9(2,7(14)15)13-6-4-5-11-8(10)12-6;1-8(2,6(14)15)13-5-4(10)3-11-7(9)12-5/h4-5H,3H2,1-2H3,(H,14,15)(H,11,12,13);3H,1-2H3,(H,14,15)(H,11,12,13)/t9-;/m1./s1. The summed E-state index contributed by atoms with van der Waals surface area (Å²) in [6, 6.07) is 1.57. The minimum absolute atomic E-state index is 0.0869. The summed E-state index contributed by atoms with van der Waals surface area (Å²) in [5.74, 6) is -2.64. The van der Waals surface area contributed by atoms with E-state index in [2.05, 4.69) is 30.6 Å². The normalized spacial score (nSPS) is 12.8. The molecular formula is C17H21Cl2FN6O4. The number of carbonyl (C=O) groups is 2. The van der Waals surface area contributed by atoms with Crippen molar-refractivity contribution in [2.45, 2.75) is 45.2 Å². The van der Waals surface area contributed by atoms with Gasteiger partial charge in [-0.1, -0.05) is 6.92 Å². The lowest BCUT2D eigenvalue weighted by Gasteiger charge is -2.24. The van der Waals surface area contributed by atoms with Crippen LogP contribution in [0, 0.1) is 5.82 Å². The molecule has 13 heteroatoms. The van der Waals surface area contributed by atoms with E-state index in [1.54, 1.807) is 19.9 Å². The molecule has 0 aliphatic carbocycles. The largest absolute Gasteiger partial charge is 0.480 e. The van der Waals surface area contributed by atoms with E-state index in [0.29, 0.717) is 12.2 Å². The van der Waals surface area contributed by atoms with Gasteiger partial charge in [0.05, 0.1) is 6.20 Å². The van der Waals surface area contributed by atoms with Crippen LogP contribution < -0.4 is 10.6 Å². The fourth-order valence-corrected chi connectivity index (χ4v) is 2.04. The van der Waals surface area contributed by atoms with Crippen LogP contribution >= 0.6 is 23.2 Å². The maximum Gasteiger partial charge on any atom is 0.329 e. The van der Waals surface area contributed by atoms with Gasteiger partial charge in [-0.15, -0.1) is 0 Å². The Bertz CT molecular complexity index is 918. The summed E-state index contributed by atoms with van der Waals surface area (Å²) in [5.41, 5.74) is -2.38. The highest BCUT2D eigenvalue weighted by atomic mass is 35.5. The molecule has 0 bridgehead atoms. The second kappa shape index (κ2) is 10.3. The quantitative estimate of drug-likeness (QED) is 0.450. The van der Waals surface area contributed by atoms with E-state index in [4.69, 9.17) is 33.4 Å². The highest BCUT2D eigenvalue weighted by Gasteiger charge is 2.31. The molecule has 0 aliphatic heterocycles. The predicted octanol–water partition coefficient (Wildman–Crippen LogP) is 3.34. The third-order valence-electron chi connectivity index (χ3n) is 3.89. The minimum Gasteiger partial charge on any atom is -0.480 e. The van der Waals surface area contributed by atoms with E-state index in [0.717, 1.165) is 6.20 Å². The van der Waals surface area contributed by atoms with Crippen molar-refractivity contribution < 1.29 is 24.2 Å². The van der Waals surface area contributed by atoms with Crippen molar-refractivity contribution in [2.24, 2.45) is 0 Å². The Labute approximate surface area is 181 Å². The molecular weight excluding hydrogens is 442 g/mol. The summed E-state index contributed by atoms with van der Waals surface area (Å²) < 4.78 is 13.1. The number of nitrogens with zero attached hydrogens (tertiary/aromatic N) is 4. The number of carboxylic acids is 2. The number of nitrogens with one attached hydrogen (secondary N) is 2. The summed E-state index contributed by atoms with van der Waals surface area (Å²) in [6.45, 7) is 6.13. The van der Waals surface area contributed by atoms with Crippen LogP contribution in [0.4, 0.5) is 16.0 Å². The van der Waals surface area contributed by atoms with Gasteiger partial charge in [-0.25, -0.2) is 28.9 Å².